The summed E-state index contributed by atoms with van der Waals surface area (Å²) in [5, 5.41) is 9.00. The lowest BCUT2D eigenvalue weighted by Gasteiger charge is -2.13. The van der Waals surface area contributed by atoms with Crippen molar-refractivity contribution in [3.8, 4) is 5.75 Å². The molecule has 0 aliphatic heterocycles. The maximum absolute atomic E-state index is 12.3. The van der Waals surface area contributed by atoms with Gasteiger partial charge in [0.2, 0.25) is 0 Å². The second-order valence-electron chi connectivity index (χ2n) is 4.74. The molecule has 0 amide bonds. The molecular formula is C15H13BrO5S. The fourth-order valence-electron chi connectivity index (χ4n) is 1.96. The van der Waals surface area contributed by atoms with E-state index in [9.17, 15) is 13.2 Å². The highest BCUT2D eigenvalue weighted by Gasteiger charge is 2.20. The first-order valence-corrected chi connectivity index (χ1v) is 8.45. The minimum Gasteiger partial charge on any atom is -0.478 e. The van der Waals surface area contributed by atoms with Gasteiger partial charge in [-0.15, -0.1) is 0 Å². The Hall–Kier alpha value is -1.86. The first-order chi connectivity index (χ1) is 10.2. The Bertz CT molecular complexity index is 803. The Morgan fingerprint density at radius 1 is 1.09 bits per heavy atom. The Morgan fingerprint density at radius 2 is 1.59 bits per heavy atom. The predicted molar refractivity (Wildman–Crippen MR) is 84.8 cm³/mol. The molecule has 0 aliphatic rings. The lowest BCUT2D eigenvalue weighted by Crippen LogP contribution is -2.12. The van der Waals surface area contributed by atoms with Gasteiger partial charge in [0.15, 0.2) is 0 Å². The molecule has 1 N–H and O–H groups in total. The van der Waals surface area contributed by atoms with Crippen molar-refractivity contribution in [1.29, 1.82) is 0 Å². The normalized spacial score (nSPS) is 11.2. The summed E-state index contributed by atoms with van der Waals surface area (Å²) in [4.78, 5) is 11.0. The molecule has 0 saturated carbocycles. The maximum atomic E-state index is 12.3. The zero-order valence-corrected chi connectivity index (χ0v) is 14.2. The van der Waals surface area contributed by atoms with Crippen LogP contribution in [-0.2, 0) is 10.1 Å². The number of aromatic carboxylic acids is 1. The third kappa shape index (κ3) is 3.48. The summed E-state index contributed by atoms with van der Waals surface area (Å²) < 4.78 is 30.5. The van der Waals surface area contributed by atoms with Crippen molar-refractivity contribution in [3.63, 3.8) is 0 Å². The number of halogens is 1. The molecule has 0 saturated heterocycles. The SMILES string of the molecule is Cc1cc(C(=O)O)cc(C)c1OS(=O)(=O)c1ccc(Br)cc1. The topological polar surface area (TPSA) is 80.7 Å². The van der Waals surface area contributed by atoms with Gasteiger partial charge in [-0.05, 0) is 61.4 Å². The van der Waals surface area contributed by atoms with Crippen molar-refractivity contribution >= 4 is 32.0 Å². The molecule has 0 aromatic heterocycles. The number of hydrogen-bond donors (Lipinski definition) is 1. The number of benzene rings is 2. The third-order valence-corrected chi connectivity index (χ3v) is 4.77. The van der Waals surface area contributed by atoms with Crippen LogP contribution in [0.1, 0.15) is 21.5 Å². The summed E-state index contributed by atoms with van der Waals surface area (Å²) >= 11 is 3.23. The van der Waals surface area contributed by atoms with E-state index in [0.29, 0.717) is 11.1 Å². The molecule has 2 rings (SSSR count). The van der Waals surface area contributed by atoms with Crippen molar-refractivity contribution in [2.24, 2.45) is 0 Å². The van der Waals surface area contributed by atoms with Gasteiger partial charge in [-0.25, -0.2) is 4.79 Å². The number of hydrogen-bond acceptors (Lipinski definition) is 4. The van der Waals surface area contributed by atoms with E-state index in [1.807, 2.05) is 0 Å². The molecule has 0 radical (unpaired) electrons. The van der Waals surface area contributed by atoms with Crippen LogP contribution < -0.4 is 4.18 Å². The fourth-order valence-corrected chi connectivity index (χ4v) is 3.28. The highest BCUT2D eigenvalue weighted by Crippen LogP contribution is 2.28. The summed E-state index contributed by atoms with van der Waals surface area (Å²) in [7, 11) is -3.98. The molecule has 2 aromatic carbocycles. The number of carboxylic acid groups (broad SMARTS) is 1. The highest BCUT2D eigenvalue weighted by atomic mass is 79.9. The van der Waals surface area contributed by atoms with Gasteiger partial charge in [0, 0.05) is 4.47 Å². The third-order valence-electron chi connectivity index (χ3n) is 3.00. The second kappa shape index (κ2) is 6.10. The monoisotopic (exact) mass is 384 g/mol. The van der Waals surface area contributed by atoms with Crippen LogP contribution in [0.15, 0.2) is 45.8 Å². The van der Waals surface area contributed by atoms with Crippen LogP contribution >= 0.6 is 15.9 Å². The zero-order valence-electron chi connectivity index (χ0n) is 11.8. The van der Waals surface area contributed by atoms with Crippen LogP contribution in [0.3, 0.4) is 0 Å². The van der Waals surface area contributed by atoms with Gasteiger partial charge in [0.1, 0.15) is 10.6 Å². The molecule has 7 heteroatoms. The predicted octanol–water partition coefficient (Wildman–Crippen LogP) is 3.53. The Labute approximate surface area is 136 Å². The van der Waals surface area contributed by atoms with Gasteiger partial charge >= 0.3 is 16.1 Å². The lowest BCUT2D eigenvalue weighted by molar-refractivity contribution is 0.0696. The lowest BCUT2D eigenvalue weighted by atomic mass is 10.1. The standard InChI is InChI=1S/C15H13BrO5S/c1-9-7-11(15(17)18)8-10(2)14(9)21-22(19,20)13-5-3-12(16)4-6-13/h3-8H,1-2H3,(H,17,18). The first-order valence-electron chi connectivity index (χ1n) is 6.25. The molecule has 0 heterocycles. The molecule has 0 unspecified atom stereocenters. The summed E-state index contributed by atoms with van der Waals surface area (Å²) in [5.41, 5.74) is 0.972. The minimum absolute atomic E-state index is 0.0248. The smallest absolute Gasteiger partial charge is 0.339 e. The zero-order chi connectivity index (χ0) is 16.5. The summed E-state index contributed by atoms with van der Waals surface area (Å²) in [5.74, 6) is -0.929. The van der Waals surface area contributed by atoms with Crippen LogP contribution in [-0.4, -0.2) is 19.5 Å². The van der Waals surface area contributed by atoms with E-state index >= 15 is 0 Å². The molecule has 0 spiro atoms. The van der Waals surface area contributed by atoms with Gasteiger partial charge < -0.3 is 9.29 Å². The van der Waals surface area contributed by atoms with E-state index in [4.69, 9.17) is 9.29 Å². The number of rotatable bonds is 4. The largest absolute Gasteiger partial charge is 0.478 e. The Kier molecular flexibility index (Phi) is 4.58. The quantitative estimate of drug-likeness (QED) is 0.815. The van der Waals surface area contributed by atoms with Crippen LogP contribution in [0.5, 0.6) is 5.75 Å². The summed E-state index contributed by atoms with van der Waals surface area (Å²) in [6, 6.07) is 8.81. The van der Waals surface area contributed by atoms with Crippen molar-refractivity contribution in [2.45, 2.75) is 18.7 Å². The molecule has 0 bridgehead atoms. The van der Waals surface area contributed by atoms with E-state index in [2.05, 4.69) is 15.9 Å². The van der Waals surface area contributed by atoms with Gasteiger partial charge in [-0.2, -0.15) is 8.42 Å². The van der Waals surface area contributed by atoms with E-state index in [0.717, 1.165) is 4.47 Å². The molecule has 0 fully saturated rings. The molecule has 116 valence electrons. The van der Waals surface area contributed by atoms with Gasteiger partial charge in [0.05, 0.1) is 5.56 Å². The number of aryl methyl sites for hydroxylation is 2. The highest BCUT2D eigenvalue weighted by molar-refractivity contribution is 9.10. The number of carboxylic acids is 1. The average molecular weight is 385 g/mol. The van der Waals surface area contributed by atoms with Crippen molar-refractivity contribution in [1.82, 2.24) is 0 Å². The van der Waals surface area contributed by atoms with Crippen LogP contribution in [0.2, 0.25) is 0 Å². The maximum Gasteiger partial charge on any atom is 0.339 e. The van der Waals surface area contributed by atoms with Gasteiger partial charge in [0.25, 0.3) is 0 Å². The van der Waals surface area contributed by atoms with Crippen LogP contribution in [0, 0.1) is 13.8 Å². The van der Waals surface area contributed by atoms with Gasteiger partial charge in [-0.1, -0.05) is 15.9 Å². The summed E-state index contributed by atoms with van der Waals surface area (Å²) in [6.45, 7) is 3.21. The van der Waals surface area contributed by atoms with Crippen LogP contribution in [0.4, 0.5) is 0 Å². The van der Waals surface area contributed by atoms with E-state index in [-0.39, 0.29) is 16.2 Å². The second-order valence-corrected chi connectivity index (χ2v) is 7.20. The number of carbonyl (C=O) groups is 1. The van der Waals surface area contributed by atoms with Crippen molar-refractivity contribution in [3.05, 3.63) is 57.6 Å². The van der Waals surface area contributed by atoms with E-state index in [1.165, 1.54) is 24.3 Å². The molecule has 2 aromatic rings. The fraction of sp³-hybridized carbons (Fsp3) is 0.133. The van der Waals surface area contributed by atoms with Crippen molar-refractivity contribution < 1.29 is 22.5 Å². The molecule has 0 aliphatic carbocycles. The minimum atomic E-state index is -3.98. The molecule has 5 nitrogen and oxygen atoms in total. The molecular weight excluding hydrogens is 372 g/mol. The first kappa shape index (κ1) is 16.5. The summed E-state index contributed by atoms with van der Waals surface area (Å²) in [6.07, 6.45) is 0. The molecule has 0 atom stereocenters. The Morgan fingerprint density at radius 3 is 2.05 bits per heavy atom. The van der Waals surface area contributed by atoms with E-state index in [1.54, 1.807) is 26.0 Å². The van der Waals surface area contributed by atoms with Crippen LogP contribution in [0.25, 0.3) is 0 Å². The van der Waals surface area contributed by atoms with Crippen molar-refractivity contribution in [2.75, 3.05) is 0 Å². The Balaban J connectivity index is 2.42. The molecule has 22 heavy (non-hydrogen) atoms. The average Bonchev–Trinajstić information content (AvgIpc) is 2.43. The van der Waals surface area contributed by atoms with E-state index < -0.39 is 16.1 Å². The van der Waals surface area contributed by atoms with Gasteiger partial charge in [-0.3, -0.25) is 0 Å².